The number of nitrogens with zero attached hydrogens (tertiary/aromatic N) is 3. The number of anilines is 2. The van der Waals surface area contributed by atoms with E-state index in [1.807, 2.05) is 37.3 Å². The highest BCUT2D eigenvalue weighted by atomic mass is 19.4. The molecule has 2 N–H and O–H groups in total. The number of fused-ring (bicyclic) bond motifs is 1. The number of benzene rings is 2. The molecule has 0 saturated heterocycles. The third kappa shape index (κ3) is 4.81. The topological polar surface area (TPSA) is 83.6 Å². The number of ketones is 1. The smallest absolute Gasteiger partial charge is 0.357 e. The molecule has 9 heteroatoms. The summed E-state index contributed by atoms with van der Waals surface area (Å²) in [5.74, 6) is 0.656. The van der Waals surface area contributed by atoms with Gasteiger partial charge >= 0.3 is 6.18 Å². The number of aromatic nitrogens is 4. The van der Waals surface area contributed by atoms with E-state index in [1.54, 1.807) is 24.7 Å². The number of hydrogen-bond acceptors (Lipinski definition) is 5. The third-order valence-corrected chi connectivity index (χ3v) is 5.76. The van der Waals surface area contributed by atoms with Crippen molar-refractivity contribution in [2.75, 3.05) is 5.32 Å². The quantitative estimate of drug-likeness (QED) is 0.267. The minimum Gasteiger partial charge on any atom is -0.357 e. The van der Waals surface area contributed by atoms with Gasteiger partial charge in [0.25, 0.3) is 0 Å². The van der Waals surface area contributed by atoms with Gasteiger partial charge in [0, 0.05) is 41.8 Å². The van der Waals surface area contributed by atoms with E-state index in [2.05, 4.69) is 25.3 Å². The number of aryl methyl sites for hydroxylation is 1. The summed E-state index contributed by atoms with van der Waals surface area (Å²) in [6.45, 7) is 1.91. The predicted molar refractivity (Wildman–Crippen MR) is 131 cm³/mol. The van der Waals surface area contributed by atoms with Crippen LogP contribution in [-0.4, -0.2) is 25.7 Å². The number of pyridine rings is 1. The Morgan fingerprint density at radius 1 is 1.03 bits per heavy atom. The molecule has 0 aliphatic heterocycles. The number of hydrogen-bond donors (Lipinski definition) is 2. The van der Waals surface area contributed by atoms with Gasteiger partial charge in [0.05, 0.1) is 11.1 Å². The molecule has 36 heavy (non-hydrogen) atoms. The molecule has 3 aromatic heterocycles. The molecule has 0 bridgehead atoms. The zero-order valence-corrected chi connectivity index (χ0v) is 19.1. The summed E-state index contributed by atoms with van der Waals surface area (Å²) in [4.78, 5) is 29.3. The molecule has 0 radical (unpaired) electrons. The second-order valence-electron chi connectivity index (χ2n) is 8.33. The van der Waals surface area contributed by atoms with Crippen LogP contribution in [0.15, 0.2) is 79.3 Å². The Labute approximate surface area is 204 Å². The summed E-state index contributed by atoms with van der Waals surface area (Å²) in [5.41, 5.74) is 3.67. The van der Waals surface area contributed by atoms with Crippen LogP contribution in [0.4, 0.5) is 24.7 Å². The summed E-state index contributed by atoms with van der Waals surface area (Å²) in [7, 11) is 0. The molecular formula is C27H20F3N5O. The standard InChI is InChI=1S/C27H20F3N5O/c1-16-7-8-17(13-23(36)18-4-2-6-20(14-18)27(28,29)30)12-22(16)34-26-24-21(9-11-32-24)33-25(35-26)19-5-3-10-31-15-19/h2-12,14-15,32H,13H2,1H3,(H,33,34,35). The first-order valence-corrected chi connectivity index (χ1v) is 11.1. The Balaban J connectivity index is 1.44. The highest BCUT2D eigenvalue weighted by Crippen LogP contribution is 2.31. The van der Waals surface area contributed by atoms with Crippen molar-refractivity contribution in [3.8, 4) is 11.4 Å². The van der Waals surface area contributed by atoms with E-state index < -0.39 is 17.5 Å². The van der Waals surface area contributed by atoms with Crippen LogP contribution in [0.5, 0.6) is 0 Å². The van der Waals surface area contributed by atoms with Crippen molar-refractivity contribution in [1.29, 1.82) is 0 Å². The number of rotatable bonds is 6. The molecule has 0 atom stereocenters. The van der Waals surface area contributed by atoms with Crippen LogP contribution < -0.4 is 5.32 Å². The number of aromatic amines is 1. The average molecular weight is 487 g/mol. The number of H-pyrrole nitrogens is 1. The normalized spacial score (nSPS) is 11.6. The molecular weight excluding hydrogens is 467 g/mol. The molecule has 180 valence electrons. The molecule has 5 rings (SSSR count). The molecule has 6 nitrogen and oxygen atoms in total. The largest absolute Gasteiger partial charge is 0.416 e. The van der Waals surface area contributed by atoms with Gasteiger partial charge < -0.3 is 10.3 Å². The van der Waals surface area contributed by atoms with Gasteiger partial charge in [-0.25, -0.2) is 9.97 Å². The van der Waals surface area contributed by atoms with Crippen LogP contribution in [0.1, 0.15) is 27.0 Å². The highest BCUT2D eigenvalue weighted by molar-refractivity contribution is 5.98. The lowest BCUT2D eigenvalue weighted by atomic mass is 9.99. The van der Waals surface area contributed by atoms with E-state index in [0.29, 0.717) is 22.7 Å². The van der Waals surface area contributed by atoms with Crippen LogP contribution >= 0.6 is 0 Å². The average Bonchev–Trinajstić information content (AvgIpc) is 3.35. The summed E-state index contributed by atoms with van der Waals surface area (Å²) in [6, 6.07) is 15.5. The first-order valence-electron chi connectivity index (χ1n) is 11.1. The minimum atomic E-state index is -4.51. The number of carbonyl (C=O) groups excluding carboxylic acids is 1. The Morgan fingerprint density at radius 3 is 2.67 bits per heavy atom. The maximum atomic E-state index is 13.1. The molecule has 0 unspecified atom stereocenters. The number of carbonyl (C=O) groups is 1. The number of alkyl halides is 3. The highest BCUT2D eigenvalue weighted by Gasteiger charge is 2.30. The van der Waals surface area contributed by atoms with E-state index in [0.717, 1.165) is 34.5 Å². The summed E-state index contributed by atoms with van der Waals surface area (Å²) in [6.07, 6.45) is 0.579. The monoisotopic (exact) mass is 487 g/mol. The van der Waals surface area contributed by atoms with Crippen molar-refractivity contribution in [2.45, 2.75) is 19.5 Å². The van der Waals surface area contributed by atoms with E-state index in [4.69, 9.17) is 0 Å². The van der Waals surface area contributed by atoms with E-state index in [1.165, 1.54) is 12.1 Å². The van der Waals surface area contributed by atoms with E-state index in [-0.39, 0.29) is 12.0 Å². The van der Waals surface area contributed by atoms with Crippen molar-refractivity contribution in [1.82, 2.24) is 19.9 Å². The van der Waals surface area contributed by atoms with Crippen molar-refractivity contribution >= 4 is 28.3 Å². The van der Waals surface area contributed by atoms with Crippen LogP contribution in [0.25, 0.3) is 22.4 Å². The lowest BCUT2D eigenvalue weighted by Gasteiger charge is -2.13. The van der Waals surface area contributed by atoms with Crippen molar-refractivity contribution in [2.24, 2.45) is 0 Å². The second kappa shape index (κ2) is 9.26. The zero-order chi connectivity index (χ0) is 25.3. The minimum absolute atomic E-state index is 0.0184. The van der Waals surface area contributed by atoms with E-state index in [9.17, 15) is 18.0 Å². The van der Waals surface area contributed by atoms with Crippen molar-refractivity contribution in [3.63, 3.8) is 0 Å². The lowest BCUT2D eigenvalue weighted by molar-refractivity contribution is -0.137. The van der Waals surface area contributed by atoms with Gasteiger partial charge in [-0.3, -0.25) is 9.78 Å². The first kappa shape index (κ1) is 23.2. The molecule has 0 spiro atoms. The van der Waals surface area contributed by atoms with Gasteiger partial charge in [-0.05, 0) is 54.4 Å². The van der Waals surface area contributed by atoms with E-state index >= 15 is 0 Å². The van der Waals surface area contributed by atoms with Crippen LogP contribution in [0.3, 0.4) is 0 Å². The number of Topliss-reactive ketones (excluding diaryl/α,β-unsaturated/α-hetero) is 1. The fraction of sp³-hybridized carbons (Fsp3) is 0.111. The Morgan fingerprint density at radius 2 is 1.89 bits per heavy atom. The molecule has 0 saturated carbocycles. The van der Waals surface area contributed by atoms with Crippen molar-refractivity contribution in [3.05, 3.63) is 102 Å². The molecule has 2 aromatic carbocycles. The molecule has 0 aliphatic carbocycles. The molecule has 0 aliphatic rings. The van der Waals surface area contributed by atoms with Gasteiger partial charge in [0.15, 0.2) is 17.4 Å². The van der Waals surface area contributed by atoms with Crippen LogP contribution in [0.2, 0.25) is 0 Å². The maximum Gasteiger partial charge on any atom is 0.416 e. The second-order valence-corrected chi connectivity index (χ2v) is 8.33. The van der Waals surface area contributed by atoms with Crippen LogP contribution in [-0.2, 0) is 12.6 Å². The van der Waals surface area contributed by atoms with Gasteiger partial charge in [-0.1, -0.05) is 24.3 Å². The molecule has 0 amide bonds. The fourth-order valence-corrected chi connectivity index (χ4v) is 3.86. The molecule has 0 fully saturated rings. The summed E-state index contributed by atoms with van der Waals surface area (Å²) < 4.78 is 39.2. The van der Waals surface area contributed by atoms with Crippen molar-refractivity contribution < 1.29 is 18.0 Å². The first-order chi connectivity index (χ1) is 17.3. The lowest BCUT2D eigenvalue weighted by Crippen LogP contribution is -2.09. The predicted octanol–water partition coefficient (Wildman–Crippen LogP) is 6.52. The van der Waals surface area contributed by atoms with Gasteiger partial charge in [0.2, 0.25) is 0 Å². The Hall–Kier alpha value is -4.53. The fourth-order valence-electron chi connectivity index (χ4n) is 3.86. The molecule has 5 aromatic rings. The summed E-state index contributed by atoms with van der Waals surface area (Å²) in [5, 5.41) is 3.33. The zero-order valence-electron chi connectivity index (χ0n) is 19.1. The SMILES string of the molecule is Cc1ccc(CC(=O)c2cccc(C(F)(F)F)c2)cc1Nc1nc(-c2cccnc2)nc2cc[nH]c12. The third-order valence-electron chi connectivity index (χ3n) is 5.76. The summed E-state index contributed by atoms with van der Waals surface area (Å²) >= 11 is 0. The van der Waals surface area contributed by atoms with Gasteiger partial charge in [-0.15, -0.1) is 0 Å². The number of halogens is 3. The molecule has 3 heterocycles. The Bertz CT molecular complexity index is 1560. The van der Waals surface area contributed by atoms with Gasteiger partial charge in [-0.2, -0.15) is 13.2 Å². The maximum absolute atomic E-state index is 13.1. The van der Waals surface area contributed by atoms with Crippen LogP contribution in [0, 0.1) is 6.92 Å². The number of nitrogens with one attached hydrogen (secondary N) is 2. The van der Waals surface area contributed by atoms with Gasteiger partial charge in [0.1, 0.15) is 5.52 Å². The Kier molecular flexibility index (Phi) is 5.97.